The summed E-state index contributed by atoms with van der Waals surface area (Å²) in [6, 6.07) is 11.4. The van der Waals surface area contributed by atoms with Gasteiger partial charge in [-0.15, -0.1) is 0 Å². The largest absolute Gasteiger partial charge is 0.378 e. The van der Waals surface area contributed by atoms with Gasteiger partial charge in [0.1, 0.15) is 5.82 Å². The lowest BCUT2D eigenvalue weighted by Crippen LogP contribution is -2.38. The van der Waals surface area contributed by atoms with Crippen molar-refractivity contribution in [3.63, 3.8) is 0 Å². The van der Waals surface area contributed by atoms with E-state index >= 15 is 0 Å². The summed E-state index contributed by atoms with van der Waals surface area (Å²) in [7, 11) is 2.05. The molecule has 24 heavy (non-hydrogen) atoms. The van der Waals surface area contributed by atoms with Crippen LogP contribution >= 0.6 is 0 Å². The fraction of sp³-hybridized carbons (Fsp3) is 0.526. The molecule has 1 aromatic heterocycles. The van der Waals surface area contributed by atoms with Crippen molar-refractivity contribution in [1.29, 1.82) is 0 Å². The molecule has 2 atom stereocenters. The van der Waals surface area contributed by atoms with Gasteiger partial charge in [0.15, 0.2) is 0 Å². The number of morpholine rings is 1. The molecule has 1 saturated carbocycles. The van der Waals surface area contributed by atoms with Crippen LogP contribution in [0.2, 0.25) is 0 Å². The number of hydrogen-bond acceptors (Lipinski definition) is 4. The fourth-order valence-electron chi connectivity index (χ4n) is 3.79. The molecule has 1 aliphatic carbocycles. The van der Waals surface area contributed by atoms with Crippen molar-refractivity contribution < 1.29 is 4.74 Å². The van der Waals surface area contributed by atoms with E-state index in [0.29, 0.717) is 12.0 Å². The Morgan fingerprint density at radius 3 is 2.71 bits per heavy atom. The van der Waals surface area contributed by atoms with E-state index in [9.17, 15) is 0 Å². The Hall–Kier alpha value is -1.85. The van der Waals surface area contributed by atoms with Crippen LogP contribution in [0.25, 0.3) is 0 Å². The maximum Gasteiger partial charge on any atom is 0.131 e. The van der Waals surface area contributed by atoms with Gasteiger partial charge in [-0.1, -0.05) is 30.3 Å². The van der Waals surface area contributed by atoms with Gasteiger partial charge in [-0.05, 0) is 18.9 Å². The normalized spacial score (nSPS) is 23.5. The van der Waals surface area contributed by atoms with E-state index in [1.54, 1.807) is 0 Å². The van der Waals surface area contributed by atoms with Crippen LogP contribution < -0.4 is 10.2 Å². The third kappa shape index (κ3) is 3.06. The molecule has 0 radical (unpaired) electrons. The molecule has 1 aliphatic heterocycles. The van der Waals surface area contributed by atoms with E-state index in [1.165, 1.54) is 23.4 Å². The molecule has 0 amide bonds. The van der Waals surface area contributed by atoms with Gasteiger partial charge in [-0.25, -0.2) is 0 Å². The van der Waals surface area contributed by atoms with Crippen molar-refractivity contribution in [3.8, 4) is 0 Å². The van der Waals surface area contributed by atoms with Crippen molar-refractivity contribution in [3.05, 3.63) is 47.2 Å². The molecule has 1 saturated heterocycles. The summed E-state index contributed by atoms with van der Waals surface area (Å²) < 4.78 is 7.52. The van der Waals surface area contributed by atoms with Gasteiger partial charge in [0, 0.05) is 44.2 Å². The first-order valence-electron chi connectivity index (χ1n) is 8.87. The lowest BCUT2D eigenvalue weighted by Gasteiger charge is -2.29. The number of anilines is 1. The van der Waals surface area contributed by atoms with E-state index in [2.05, 4.69) is 52.6 Å². The molecule has 0 unspecified atom stereocenters. The Balaban J connectivity index is 1.44. The van der Waals surface area contributed by atoms with Crippen LogP contribution in [0.1, 0.15) is 29.2 Å². The minimum absolute atomic E-state index is 0.588. The van der Waals surface area contributed by atoms with Gasteiger partial charge < -0.3 is 15.0 Å². The Labute approximate surface area is 143 Å². The zero-order valence-corrected chi connectivity index (χ0v) is 14.5. The number of rotatable bonds is 5. The summed E-state index contributed by atoms with van der Waals surface area (Å²) >= 11 is 0. The number of aryl methyl sites for hydroxylation is 2. The first-order valence-corrected chi connectivity index (χ1v) is 8.87. The SMILES string of the molecule is Cc1nn(C)c(N2CCOCC2)c1CN[C@@H]1C[C@@H]1c1ccccc1. The molecule has 2 fully saturated rings. The Kier molecular flexibility index (Phi) is 4.29. The molecule has 4 rings (SSSR count). The monoisotopic (exact) mass is 326 g/mol. The van der Waals surface area contributed by atoms with Gasteiger partial charge >= 0.3 is 0 Å². The van der Waals surface area contributed by atoms with Crippen molar-refractivity contribution >= 4 is 5.82 Å². The fourth-order valence-corrected chi connectivity index (χ4v) is 3.79. The maximum absolute atomic E-state index is 5.49. The van der Waals surface area contributed by atoms with Gasteiger partial charge in [-0.2, -0.15) is 5.10 Å². The lowest BCUT2D eigenvalue weighted by atomic mass is 10.1. The molecule has 1 aromatic carbocycles. The van der Waals surface area contributed by atoms with E-state index in [-0.39, 0.29) is 0 Å². The second kappa shape index (κ2) is 6.57. The van der Waals surface area contributed by atoms with Gasteiger partial charge in [0.2, 0.25) is 0 Å². The second-order valence-corrected chi connectivity index (χ2v) is 6.85. The highest BCUT2D eigenvalue weighted by atomic mass is 16.5. The molecule has 0 spiro atoms. The summed E-state index contributed by atoms with van der Waals surface area (Å²) in [5.74, 6) is 1.91. The van der Waals surface area contributed by atoms with Gasteiger partial charge in [0.25, 0.3) is 0 Å². The number of hydrogen-bond donors (Lipinski definition) is 1. The predicted octanol–water partition coefficient (Wildman–Crippen LogP) is 2.21. The van der Waals surface area contributed by atoms with Crippen molar-refractivity contribution in [1.82, 2.24) is 15.1 Å². The minimum Gasteiger partial charge on any atom is -0.378 e. The summed E-state index contributed by atoms with van der Waals surface area (Å²) in [5, 5.41) is 8.40. The van der Waals surface area contributed by atoms with Crippen LogP contribution in [-0.2, 0) is 18.3 Å². The maximum atomic E-state index is 5.49. The molecule has 2 aliphatic rings. The molecule has 0 bridgehead atoms. The van der Waals surface area contributed by atoms with Crippen LogP contribution in [-0.4, -0.2) is 42.1 Å². The molecular weight excluding hydrogens is 300 g/mol. The van der Waals surface area contributed by atoms with E-state index < -0.39 is 0 Å². The molecule has 5 nitrogen and oxygen atoms in total. The third-order valence-corrected chi connectivity index (χ3v) is 5.18. The number of benzene rings is 1. The zero-order valence-electron chi connectivity index (χ0n) is 14.5. The molecule has 2 aromatic rings. The minimum atomic E-state index is 0.588. The van der Waals surface area contributed by atoms with Crippen molar-refractivity contribution in [2.24, 2.45) is 7.05 Å². The van der Waals surface area contributed by atoms with Crippen LogP contribution in [0, 0.1) is 6.92 Å². The number of nitrogens with one attached hydrogen (secondary N) is 1. The van der Waals surface area contributed by atoms with Crippen LogP contribution in [0.4, 0.5) is 5.82 Å². The molecule has 1 N–H and O–H groups in total. The molecule has 128 valence electrons. The van der Waals surface area contributed by atoms with Crippen molar-refractivity contribution in [2.75, 3.05) is 31.2 Å². The van der Waals surface area contributed by atoms with Crippen LogP contribution in [0.3, 0.4) is 0 Å². The van der Waals surface area contributed by atoms with E-state index in [1.807, 2.05) is 11.7 Å². The quantitative estimate of drug-likeness (QED) is 0.915. The molecule has 2 heterocycles. The van der Waals surface area contributed by atoms with Gasteiger partial charge in [-0.3, -0.25) is 4.68 Å². The Morgan fingerprint density at radius 1 is 1.21 bits per heavy atom. The highest BCUT2D eigenvalue weighted by Gasteiger charge is 2.38. The van der Waals surface area contributed by atoms with Crippen LogP contribution in [0.5, 0.6) is 0 Å². The highest BCUT2D eigenvalue weighted by molar-refractivity contribution is 5.50. The zero-order chi connectivity index (χ0) is 16.5. The van der Waals surface area contributed by atoms with E-state index in [0.717, 1.165) is 38.5 Å². The molecule has 5 heteroatoms. The second-order valence-electron chi connectivity index (χ2n) is 6.85. The number of aromatic nitrogens is 2. The lowest BCUT2D eigenvalue weighted by molar-refractivity contribution is 0.122. The standard InChI is InChI=1S/C19H26N4O/c1-14-17(19(22(2)21-14)23-8-10-24-11-9-23)13-20-18-12-16(18)15-6-4-3-5-7-15/h3-7,16,18,20H,8-13H2,1-2H3/t16-,18-/m1/s1. The topological polar surface area (TPSA) is 42.3 Å². The first kappa shape index (κ1) is 15.7. The average molecular weight is 326 g/mol. The third-order valence-electron chi connectivity index (χ3n) is 5.18. The van der Waals surface area contributed by atoms with E-state index in [4.69, 9.17) is 4.74 Å². The molecular formula is C19H26N4O. The Morgan fingerprint density at radius 2 is 1.96 bits per heavy atom. The summed E-state index contributed by atoms with van der Waals surface area (Å²) in [5.41, 5.74) is 3.91. The average Bonchev–Trinajstić information content (AvgIpc) is 3.33. The summed E-state index contributed by atoms with van der Waals surface area (Å²) in [4.78, 5) is 2.40. The first-order chi connectivity index (χ1) is 11.7. The van der Waals surface area contributed by atoms with Crippen molar-refractivity contribution in [2.45, 2.75) is 31.8 Å². The number of ether oxygens (including phenoxy) is 1. The van der Waals surface area contributed by atoms with Gasteiger partial charge in [0.05, 0.1) is 18.9 Å². The van der Waals surface area contributed by atoms with Crippen LogP contribution in [0.15, 0.2) is 30.3 Å². The number of nitrogens with zero attached hydrogens (tertiary/aromatic N) is 3. The summed E-state index contributed by atoms with van der Waals surface area (Å²) in [6.45, 7) is 6.50. The predicted molar refractivity (Wildman–Crippen MR) is 95.4 cm³/mol. The summed E-state index contributed by atoms with van der Waals surface area (Å²) in [6.07, 6.45) is 1.23. The smallest absolute Gasteiger partial charge is 0.131 e. The highest BCUT2D eigenvalue weighted by Crippen LogP contribution is 2.41. The Bertz CT molecular complexity index is 691.